The van der Waals surface area contributed by atoms with Gasteiger partial charge in [0.25, 0.3) is 0 Å². The molecule has 0 saturated carbocycles. The van der Waals surface area contributed by atoms with E-state index in [1.807, 2.05) is 0 Å². The van der Waals surface area contributed by atoms with Gasteiger partial charge >= 0.3 is 0 Å². The van der Waals surface area contributed by atoms with Crippen LogP contribution in [0.15, 0.2) is 24.3 Å². The number of rotatable bonds is 44. The van der Waals surface area contributed by atoms with Gasteiger partial charge in [-0.3, -0.25) is 0 Å². The van der Waals surface area contributed by atoms with E-state index in [0.717, 1.165) is 116 Å². The molecule has 0 aliphatic carbocycles. The van der Waals surface area contributed by atoms with Crippen molar-refractivity contribution < 1.29 is 33.2 Å². The highest BCUT2D eigenvalue weighted by Gasteiger charge is 2.15. The Kier molecular flexibility index (Phi) is 43.3. The lowest BCUT2D eigenvalue weighted by Gasteiger charge is -2.22. The van der Waals surface area contributed by atoms with Crippen molar-refractivity contribution in [2.45, 2.75) is 234 Å². The summed E-state index contributed by atoms with van der Waals surface area (Å²) in [5.74, 6) is 0. The molecule has 0 N–H and O–H groups in total. The van der Waals surface area contributed by atoms with Gasteiger partial charge in [-0.1, -0.05) is 156 Å². The second kappa shape index (κ2) is 43.9. The molecule has 2 atom stereocenters. The van der Waals surface area contributed by atoms with Crippen molar-refractivity contribution in [3.05, 3.63) is 24.3 Å². The maximum absolute atomic E-state index is 6.56. The number of allylic oxidation sites excluding steroid dienone is 2. The first kappa shape index (κ1) is 52.2. The highest BCUT2D eigenvalue weighted by Crippen LogP contribution is 2.15. The second-order valence-electron chi connectivity index (χ2n) is 14.6. The van der Waals surface area contributed by atoms with Gasteiger partial charge in [-0.05, 0) is 63.5 Å². The molecule has 0 aromatic heterocycles. The van der Waals surface area contributed by atoms with Crippen molar-refractivity contribution in [2.75, 3.05) is 39.6 Å². The molecule has 0 amide bonds. The van der Waals surface area contributed by atoms with E-state index in [2.05, 4.69) is 65.8 Å². The van der Waals surface area contributed by atoms with E-state index >= 15 is 0 Å². The summed E-state index contributed by atoms with van der Waals surface area (Å²) in [6.07, 6.45) is 36.6. The molecular formula is C46H90O7. The van der Waals surface area contributed by atoms with Crippen LogP contribution in [-0.2, 0) is 33.2 Å². The number of ether oxygens (including phenoxy) is 7. The molecule has 0 radical (unpaired) electrons. The molecule has 0 bridgehead atoms. The minimum Gasteiger partial charge on any atom is -0.353 e. The number of hydrogen-bond donors (Lipinski definition) is 0. The SMILES string of the molecule is CCCCCCCCCOC(C=CCCC(OCCCC)OCCCC)OC(C=CCCC(OCCCC)OCCCC)OCCCCCCCCC. The zero-order valence-electron chi connectivity index (χ0n) is 36.1. The third-order valence-corrected chi connectivity index (χ3v) is 9.26. The molecular weight excluding hydrogens is 664 g/mol. The van der Waals surface area contributed by atoms with Gasteiger partial charge in [0.15, 0.2) is 25.2 Å². The van der Waals surface area contributed by atoms with Crippen LogP contribution in [0.5, 0.6) is 0 Å². The van der Waals surface area contributed by atoms with Crippen molar-refractivity contribution in [3.63, 3.8) is 0 Å². The molecule has 0 aliphatic rings. The lowest BCUT2D eigenvalue weighted by atomic mass is 10.1. The Morgan fingerprint density at radius 2 is 0.604 bits per heavy atom. The smallest absolute Gasteiger partial charge is 0.180 e. The van der Waals surface area contributed by atoms with Crippen LogP contribution in [-0.4, -0.2) is 64.8 Å². The Hall–Kier alpha value is -0.800. The van der Waals surface area contributed by atoms with Crippen LogP contribution < -0.4 is 0 Å². The molecule has 53 heavy (non-hydrogen) atoms. The molecule has 0 heterocycles. The van der Waals surface area contributed by atoms with Crippen LogP contribution in [0.25, 0.3) is 0 Å². The van der Waals surface area contributed by atoms with Gasteiger partial charge < -0.3 is 33.2 Å². The normalized spacial score (nSPS) is 13.4. The van der Waals surface area contributed by atoms with E-state index in [9.17, 15) is 0 Å². The third kappa shape index (κ3) is 37.9. The minimum atomic E-state index is -0.484. The third-order valence-electron chi connectivity index (χ3n) is 9.26. The van der Waals surface area contributed by atoms with Crippen molar-refractivity contribution in [1.82, 2.24) is 0 Å². The first-order chi connectivity index (χ1) is 26.1. The zero-order chi connectivity index (χ0) is 38.7. The van der Waals surface area contributed by atoms with Crippen molar-refractivity contribution in [1.29, 1.82) is 0 Å². The summed E-state index contributed by atoms with van der Waals surface area (Å²) < 4.78 is 43.6. The summed E-state index contributed by atoms with van der Waals surface area (Å²) in [7, 11) is 0. The molecule has 0 saturated heterocycles. The van der Waals surface area contributed by atoms with E-state index in [-0.39, 0.29) is 12.6 Å². The molecule has 0 spiro atoms. The Labute approximate surface area is 330 Å². The van der Waals surface area contributed by atoms with E-state index in [1.165, 1.54) is 77.0 Å². The molecule has 2 unspecified atom stereocenters. The maximum atomic E-state index is 6.56. The predicted octanol–water partition coefficient (Wildman–Crippen LogP) is 13.8. The molecule has 0 fully saturated rings. The fraction of sp³-hybridized carbons (Fsp3) is 0.913. The van der Waals surface area contributed by atoms with Gasteiger partial charge in [-0.15, -0.1) is 0 Å². The van der Waals surface area contributed by atoms with Crippen molar-refractivity contribution in [3.8, 4) is 0 Å². The molecule has 0 aromatic carbocycles. The first-order valence-electron chi connectivity index (χ1n) is 22.8. The molecule has 316 valence electrons. The summed E-state index contributed by atoms with van der Waals surface area (Å²) >= 11 is 0. The molecule has 0 aliphatic heterocycles. The van der Waals surface area contributed by atoms with Gasteiger partial charge in [-0.2, -0.15) is 0 Å². The Morgan fingerprint density at radius 1 is 0.321 bits per heavy atom. The quantitative estimate of drug-likeness (QED) is 0.0349. The molecule has 0 aromatic rings. The summed E-state index contributed by atoms with van der Waals surface area (Å²) in [4.78, 5) is 0. The standard InChI is InChI=1S/C46H90O7/c1-7-13-19-21-23-25-31-41-51-45(35-29-27-33-43(47-37-15-9-3)48-38-16-10-4)53-46(52-42-32-26-24-22-20-14-8-2)36-30-28-34-44(49-39-17-11-5)50-40-18-12-6/h29-30,35-36,43-46H,7-28,31-34,37-42H2,1-6H3. The van der Waals surface area contributed by atoms with E-state index < -0.39 is 12.6 Å². The monoisotopic (exact) mass is 755 g/mol. The van der Waals surface area contributed by atoms with Gasteiger partial charge in [-0.25, -0.2) is 0 Å². The van der Waals surface area contributed by atoms with Crippen molar-refractivity contribution in [2.24, 2.45) is 0 Å². The summed E-state index contributed by atoms with van der Waals surface area (Å²) in [5.41, 5.74) is 0. The van der Waals surface area contributed by atoms with Crippen LogP contribution in [0, 0.1) is 0 Å². The fourth-order valence-corrected chi connectivity index (χ4v) is 5.68. The average Bonchev–Trinajstić information content (AvgIpc) is 3.16. The lowest BCUT2D eigenvalue weighted by molar-refractivity contribution is -0.208. The van der Waals surface area contributed by atoms with Crippen LogP contribution in [0.3, 0.4) is 0 Å². The van der Waals surface area contributed by atoms with Crippen LogP contribution in [0.4, 0.5) is 0 Å². The summed E-state index contributed by atoms with van der Waals surface area (Å²) in [6.45, 7) is 17.6. The number of hydrogen-bond acceptors (Lipinski definition) is 7. The fourth-order valence-electron chi connectivity index (χ4n) is 5.68. The van der Waals surface area contributed by atoms with Crippen LogP contribution in [0.2, 0.25) is 0 Å². The first-order valence-corrected chi connectivity index (χ1v) is 22.8. The van der Waals surface area contributed by atoms with E-state index in [1.54, 1.807) is 0 Å². The summed E-state index contributed by atoms with van der Waals surface area (Å²) in [6, 6.07) is 0. The second-order valence-corrected chi connectivity index (χ2v) is 14.6. The Balaban J connectivity index is 5.53. The van der Waals surface area contributed by atoms with E-state index in [4.69, 9.17) is 33.2 Å². The maximum Gasteiger partial charge on any atom is 0.180 e. The molecule has 7 nitrogen and oxygen atoms in total. The zero-order valence-corrected chi connectivity index (χ0v) is 36.1. The van der Waals surface area contributed by atoms with Gasteiger partial charge in [0.1, 0.15) is 0 Å². The Bertz CT molecular complexity index is 665. The topological polar surface area (TPSA) is 64.6 Å². The number of unbranched alkanes of at least 4 members (excludes halogenated alkanes) is 16. The average molecular weight is 755 g/mol. The predicted molar refractivity (Wildman–Crippen MR) is 224 cm³/mol. The van der Waals surface area contributed by atoms with Gasteiger partial charge in [0, 0.05) is 39.3 Å². The highest BCUT2D eigenvalue weighted by molar-refractivity contribution is 4.90. The molecule has 7 heteroatoms. The van der Waals surface area contributed by atoms with Gasteiger partial charge in [0.2, 0.25) is 0 Å². The summed E-state index contributed by atoms with van der Waals surface area (Å²) in [5, 5.41) is 0. The lowest BCUT2D eigenvalue weighted by Crippen LogP contribution is -2.25. The minimum absolute atomic E-state index is 0.174. The van der Waals surface area contributed by atoms with Crippen molar-refractivity contribution >= 4 is 0 Å². The van der Waals surface area contributed by atoms with Crippen LogP contribution in [0.1, 0.15) is 208 Å². The van der Waals surface area contributed by atoms with E-state index in [0.29, 0.717) is 13.2 Å². The van der Waals surface area contributed by atoms with Gasteiger partial charge in [0.05, 0.1) is 13.2 Å². The highest BCUT2D eigenvalue weighted by atomic mass is 16.8. The molecule has 0 rings (SSSR count). The largest absolute Gasteiger partial charge is 0.353 e. The van der Waals surface area contributed by atoms with Crippen LogP contribution >= 0.6 is 0 Å². The Morgan fingerprint density at radius 3 is 0.925 bits per heavy atom.